The molecular formula is C17H17NO4S. The molecule has 5 nitrogen and oxygen atoms in total. The Morgan fingerprint density at radius 1 is 1.00 bits per heavy atom. The Morgan fingerprint density at radius 2 is 1.78 bits per heavy atom. The highest BCUT2D eigenvalue weighted by Gasteiger charge is 2.28. The summed E-state index contributed by atoms with van der Waals surface area (Å²) in [7, 11) is -3.55. The Balaban J connectivity index is 1.64. The Labute approximate surface area is 135 Å². The largest absolute Gasteiger partial charge is 0.486 e. The van der Waals surface area contributed by atoms with Gasteiger partial charge in [0.05, 0.1) is 9.79 Å². The van der Waals surface area contributed by atoms with E-state index in [1.54, 1.807) is 48.5 Å². The highest BCUT2D eigenvalue weighted by molar-refractivity contribution is 7.91. The maximum absolute atomic E-state index is 12.7. The van der Waals surface area contributed by atoms with Gasteiger partial charge >= 0.3 is 0 Å². The lowest BCUT2D eigenvalue weighted by atomic mass is 10.2. The molecule has 0 aliphatic carbocycles. The lowest BCUT2D eigenvalue weighted by Gasteiger charge is -2.27. The van der Waals surface area contributed by atoms with Crippen LogP contribution in [-0.2, 0) is 9.84 Å². The molecule has 0 N–H and O–H groups in total. The van der Waals surface area contributed by atoms with Crippen LogP contribution in [0, 0.1) is 0 Å². The van der Waals surface area contributed by atoms with E-state index in [2.05, 4.69) is 4.90 Å². The van der Waals surface area contributed by atoms with E-state index in [9.17, 15) is 8.42 Å². The number of sulfone groups is 1. The second-order valence-electron chi connectivity index (χ2n) is 5.78. The Hall–Kier alpha value is -2.05. The minimum absolute atomic E-state index is 0.0559. The molecule has 2 aromatic rings. The van der Waals surface area contributed by atoms with Crippen molar-refractivity contribution in [1.29, 1.82) is 0 Å². The van der Waals surface area contributed by atoms with Crippen LogP contribution in [0.4, 0.5) is 0 Å². The molecule has 1 fully saturated rings. The first-order chi connectivity index (χ1) is 11.1. The summed E-state index contributed by atoms with van der Waals surface area (Å²) in [5.41, 5.74) is 0. The number of rotatable bonds is 4. The van der Waals surface area contributed by atoms with Crippen molar-refractivity contribution in [1.82, 2.24) is 4.90 Å². The van der Waals surface area contributed by atoms with Crippen LogP contribution in [0.25, 0.3) is 0 Å². The van der Waals surface area contributed by atoms with Crippen molar-refractivity contribution in [2.24, 2.45) is 0 Å². The number of benzene rings is 2. The topological polar surface area (TPSA) is 55.6 Å². The molecular weight excluding hydrogens is 314 g/mol. The highest BCUT2D eigenvalue weighted by atomic mass is 32.2. The van der Waals surface area contributed by atoms with E-state index in [0.717, 1.165) is 19.6 Å². The molecule has 0 spiro atoms. The van der Waals surface area contributed by atoms with Crippen molar-refractivity contribution in [3.8, 4) is 11.5 Å². The van der Waals surface area contributed by atoms with Gasteiger partial charge in [-0.25, -0.2) is 8.42 Å². The van der Waals surface area contributed by atoms with E-state index in [1.807, 2.05) is 0 Å². The first-order valence-electron chi connectivity index (χ1n) is 7.59. The summed E-state index contributed by atoms with van der Waals surface area (Å²) >= 11 is 0. The van der Waals surface area contributed by atoms with Gasteiger partial charge in [0.15, 0.2) is 11.5 Å². The molecule has 0 bridgehead atoms. The minimum Gasteiger partial charge on any atom is -0.486 e. The van der Waals surface area contributed by atoms with Gasteiger partial charge in [0, 0.05) is 25.7 Å². The van der Waals surface area contributed by atoms with Gasteiger partial charge < -0.3 is 9.47 Å². The zero-order valence-corrected chi connectivity index (χ0v) is 13.3. The normalized spacial score (nSPS) is 20.3. The maximum atomic E-state index is 12.7. The van der Waals surface area contributed by atoms with Crippen LogP contribution in [-0.4, -0.2) is 45.7 Å². The number of ether oxygens (including phenoxy) is 2. The smallest absolute Gasteiger partial charge is 0.206 e. The van der Waals surface area contributed by atoms with Crippen molar-refractivity contribution in [3.63, 3.8) is 0 Å². The predicted molar refractivity (Wildman–Crippen MR) is 84.7 cm³/mol. The Morgan fingerprint density at radius 3 is 2.52 bits per heavy atom. The molecule has 6 heteroatoms. The van der Waals surface area contributed by atoms with Gasteiger partial charge in [0.25, 0.3) is 0 Å². The highest BCUT2D eigenvalue weighted by Crippen LogP contribution is 2.35. The summed E-state index contributed by atoms with van der Waals surface area (Å²) in [5.74, 6) is 1.10. The van der Waals surface area contributed by atoms with E-state index in [4.69, 9.17) is 9.47 Å². The zero-order valence-electron chi connectivity index (χ0n) is 12.5. The molecule has 2 heterocycles. The third-order valence-electron chi connectivity index (χ3n) is 4.00. The summed E-state index contributed by atoms with van der Waals surface area (Å²) in [6.07, 6.45) is -0.0559. The lowest BCUT2D eigenvalue weighted by molar-refractivity contribution is 0.0800. The SMILES string of the molecule is O=S(=O)(c1ccccc1)c1ccc2c(c1)O[C@@H](CN1CC1)CO2. The van der Waals surface area contributed by atoms with Crippen LogP contribution in [0.1, 0.15) is 0 Å². The molecule has 23 heavy (non-hydrogen) atoms. The van der Waals surface area contributed by atoms with Gasteiger partial charge in [-0.3, -0.25) is 4.90 Å². The molecule has 1 atom stereocenters. The average molecular weight is 331 g/mol. The molecule has 0 radical (unpaired) electrons. The number of nitrogens with zero attached hydrogens (tertiary/aromatic N) is 1. The fourth-order valence-electron chi connectivity index (χ4n) is 2.63. The third kappa shape index (κ3) is 2.92. The van der Waals surface area contributed by atoms with E-state index in [1.165, 1.54) is 0 Å². The van der Waals surface area contributed by atoms with Crippen molar-refractivity contribution in [2.45, 2.75) is 15.9 Å². The van der Waals surface area contributed by atoms with E-state index < -0.39 is 9.84 Å². The van der Waals surface area contributed by atoms with Crippen LogP contribution in [0.15, 0.2) is 58.3 Å². The summed E-state index contributed by atoms with van der Waals surface area (Å²) in [6.45, 7) is 3.49. The molecule has 4 rings (SSSR count). The fraction of sp³-hybridized carbons (Fsp3) is 0.294. The van der Waals surface area contributed by atoms with Crippen molar-refractivity contribution in [2.75, 3.05) is 26.2 Å². The predicted octanol–water partition coefficient (Wildman–Crippen LogP) is 1.97. The Bertz CT molecular complexity index is 816. The zero-order chi connectivity index (χ0) is 15.9. The molecule has 2 aliphatic rings. The monoisotopic (exact) mass is 331 g/mol. The Kier molecular flexibility index (Phi) is 3.50. The lowest BCUT2D eigenvalue weighted by Crippen LogP contribution is -2.35. The standard InChI is InChI=1S/C17H17NO4S/c19-23(20,14-4-2-1-3-5-14)15-6-7-16-17(10-15)22-13(12-21-16)11-18-8-9-18/h1-7,10,13H,8-9,11-12H2/t13-/m0/s1. The quantitative estimate of drug-likeness (QED) is 0.802. The second-order valence-corrected chi connectivity index (χ2v) is 7.73. The first-order valence-corrected chi connectivity index (χ1v) is 9.07. The summed E-state index contributed by atoms with van der Waals surface area (Å²) < 4.78 is 37.0. The molecule has 0 saturated carbocycles. The van der Waals surface area contributed by atoms with Crippen LogP contribution in [0.2, 0.25) is 0 Å². The van der Waals surface area contributed by atoms with E-state index in [-0.39, 0.29) is 15.9 Å². The molecule has 2 aromatic carbocycles. The van der Waals surface area contributed by atoms with E-state index in [0.29, 0.717) is 18.1 Å². The van der Waals surface area contributed by atoms with Crippen LogP contribution in [0.3, 0.4) is 0 Å². The summed E-state index contributed by atoms with van der Waals surface area (Å²) in [4.78, 5) is 2.75. The van der Waals surface area contributed by atoms with Gasteiger partial charge in [0.1, 0.15) is 12.7 Å². The third-order valence-corrected chi connectivity index (χ3v) is 5.77. The van der Waals surface area contributed by atoms with Crippen LogP contribution in [0.5, 0.6) is 11.5 Å². The van der Waals surface area contributed by atoms with Gasteiger partial charge in [-0.1, -0.05) is 18.2 Å². The number of hydrogen-bond donors (Lipinski definition) is 0. The first kappa shape index (κ1) is 14.5. The molecule has 1 saturated heterocycles. The molecule has 120 valence electrons. The van der Waals surface area contributed by atoms with Gasteiger partial charge in [0.2, 0.25) is 9.84 Å². The molecule has 0 aromatic heterocycles. The summed E-state index contributed by atoms with van der Waals surface area (Å²) in [6, 6.07) is 13.2. The maximum Gasteiger partial charge on any atom is 0.206 e. The van der Waals surface area contributed by atoms with Crippen LogP contribution >= 0.6 is 0 Å². The second kappa shape index (κ2) is 5.54. The average Bonchev–Trinajstić information content (AvgIpc) is 3.39. The van der Waals surface area contributed by atoms with Gasteiger partial charge in [-0.15, -0.1) is 0 Å². The minimum atomic E-state index is -3.55. The van der Waals surface area contributed by atoms with Crippen molar-refractivity contribution >= 4 is 9.84 Å². The van der Waals surface area contributed by atoms with E-state index >= 15 is 0 Å². The molecule has 0 unspecified atom stereocenters. The van der Waals surface area contributed by atoms with Gasteiger partial charge in [-0.05, 0) is 24.3 Å². The number of hydrogen-bond acceptors (Lipinski definition) is 5. The van der Waals surface area contributed by atoms with Crippen molar-refractivity contribution in [3.05, 3.63) is 48.5 Å². The van der Waals surface area contributed by atoms with Crippen LogP contribution < -0.4 is 9.47 Å². The fourth-order valence-corrected chi connectivity index (χ4v) is 3.93. The summed E-state index contributed by atoms with van der Waals surface area (Å²) in [5, 5.41) is 0. The van der Waals surface area contributed by atoms with Gasteiger partial charge in [-0.2, -0.15) is 0 Å². The molecule has 0 amide bonds. The number of fused-ring (bicyclic) bond motifs is 1. The molecule has 2 aliphatic heterocycles. The van der Waals surface area contributed by atoms with Crippen molar-refractivity contribution < 1.29 is 17.9 Å².